The molecule has 0 radical (unpaired) electrons. The number of anilines is 3. The van der Waals surface area contributed by atoms with Crippen molar-refractivity contribution in [3.63, 3.8) is 0 Å². The summed E-state index contributed by atoms with van der Waals surface area (Å²) < 4.78 is 6.72. The molecule has 0 bridgehead atoms. The number of hydrogen-bond donors (Lipinski definition) is 0. The van der Waals surface area contributed by atoms with Gasteiger partial charge >= 0.3 is 0 Å². The third-order valence-electron chi connectivity index (χ3n) is 9.81. The smallest absolute Gasteiger partial charge is 0.145 e. The Kier molecular flexibility index (Phi) is 5.91. The summed E-state index contributed by atoms with van der Waals surface area (Å²) in [5, 5.41) is 12.1. The van der Waals surface area contributed by atoms with Crippen LogP contribution in [0.5, 0.6) is 0 Å². The monoisotopic (exact) mass is 611 g/mol. The van der Waals surface area contributed by atoms with Crippen LogP contribution < -0.4 is 4.90 Å². The van der Waals surface area contributed by atoms with E-state index in [2.05, 4.69) is 175 Å². The average Bonchev–Trinajstić information content (AvgIpc) is 3.55. The first-order chi connectivity index (χ1) is 23.8. The Morgan fingerprint density at radius 2 is 0.938 bits per heavy atom. The van der Waals surface area contributed by atoms with Gasteiger partial charge in [0.05, 0.1) is 11.1 Å². The molecular formula is C46H29NO. The second kappa shape index (κ2) is 10.6. The molecule has 0 spiro atoms. The van der Waals surface area contributed by atoms with Gasteiger partial charge in [0.15, 0.2) is 0 Å². The van der Waals surface area contributed by atoms with Gasteiger partial charge < -0.3 is 9.32 Å². The standard InChI is InChI=1S/C46H29NO/c1-2-10-30(11-3-1)40-26-27-43(45-41-16-8-9-17-44(41)48-46(40)45)47(35-24-25-39-34(28-35)21-20-31-12-4-6-14-37(31)39)36-23-22-33-19-18-32-13-5-7-15-38(32)42(33)29-36/h1-29H. The van der Waals surface area contributed by atoms with Crippen molar-refractivity contribution in [3.8, 4) is 11.1 Å². The largest absolute Gasteiger partial charge is 0.455 e. The zero-order chi connectivity index (χ0) is 31.6. The zero-order valence-electron chi connectivity index (χ0n) is 26.1. The number of hydrogen-bond acceptors (Lipinski definition) is 2. The first-order valence-electron chi connectivity index (χ1n) is 16.4. The lowest BCUT2D eigenvalue weighted by atomic mass is 9.98. The average molecular weight is 612 g/mol. The van der Waals surface area contributed by atoms with E-state index in [1.165, 1.54) is 43.1 Å². The fourth-order valence-corrected chi connectivity index (χ4v) is 7.54. The summed E-state index contributed by atoms with van der Waals surface area (Å²) in [6.45, 7) is 0. The molecule has 0 saturated carbocycles. The SMILES string of the molecule is c1ccc(-c2ccc(N(c3ccc4c(ccc5ccccc54)c3)c3ccc4ccc5ccccc5c4c3)c3c2oc2ccccc23)cc1. The molecule has 9 aromatic carbocycles. The Labute approximate surface area is 277 Å². The molecule has 2 nitrogen and oxygen atoms in total. The lowest BCUT2D eigenvalue weighted by Crippen LogP contribution is -2.10. The van der Waals surface area contributed by atoms with Crippen LogP contribution in [-0.2, 0) is 0 Å². The van der Waals surface area contributed by atoms with E-state index in [1.807, 2.05) is 6.07 Å². The minimum atomic E-state index is 0.881. The van der Waals surface area contributed by atoms with Gasteiger partial charge in [-0.2, -0.15) is 0 Å². The number of fused-ring (bicyclic) bond motifs is 9. The maximum atomic E-state index is 6.72. The summed E-state index contributed by atoms with van der Waals surface area (Å²) >= 11 is 0. The van der Waals surface area contributed by atoms with Gasteiger partial charge in [-0.1, -0.05) is 133 Å². The Balaban J connectivity index is 1.29. The van der Waals surface area contributed by atoms with E-state index in [0.29, 0.717) is 0 Å². The van der Waals surface area contributed by atoms with Crippen molar-refractivity contribution >= 4 is 82.1 Å². The van der Waals surface area contributed by atoms with E-state index in [1.54, 1.807) is 0 Å². The van der Waals surface area contributed by atoms with Crippen LogP contribution in [0.3, 0.4) is 0 Å². The van der Waals surface area contributed by atoms with E-state index in [0.717, 1.165) is 50.1 Å². The van der Waals surface area contributed by atoms with Crippen LogP contribution in [0.25, 0.3) is 76.2 Å². The maximum absolute atomic E-state index is 6.72. The van der Waals surface area contributed by atoms with Gasteiger partial charge in [0.2, 0.25) is 0 Å². The molecule has 0 fully saturated rings. The van der Waals surface area contributed by atoms with Crippen molar-refractivity contribution in [2.45, 2.75) is 0 Å². The molecule has 1 heterocycles. The van der Waals surface area contributed by atoms with Crippen molar-refractivity contribution in [1.29, 1.82) is 0 Å². The predicted octanol–water partition coefficient (Wildman–Crippen LogP) is 13.3. The molecule has 0 aliphatic heterocycles. The highest BCUT2D eigenvalue weighted by Crippen LogP contribution is 2.47. The normalized spacial score (nSPS) is 11.8. The third kappa shape index (κ3) is 4.13. The van der Waals surface area contributed by atoms with Gasteiger partial charge in [-0.05, 0) is 91.1 Å². The number of rotatable bonds is 4. The van der Waals surface area contributed by atoms with Crippen LogP contribution in [0.15, 0.2) is 180 Å². The summed E-state index contributed by atoms with van der Waals surface area (Å²) in [5.41, 5.74) is 7.26. The Morgan fingerprint density at radius 1 is 0.375 bits per heavy atom. The molecule has 0 N–H and O–H groups in total. The summed E-state index contributed by atoms with van der Waals surface area (Å²) in [7, 11) is 0. The number of furan rings is 1. The van der Waals surface area contributed by atoms with Crippen LogP contribution in [0, 0.1) is 0 Å². The quantitative estimate of drug-likeness (QED) is 0.184. The van der Waals surface area contributed by atoms with Crippen molar-refractivity contribution in [2.24, 2.45) is 0 Å². The fraction of sp³-hybridized carbons (Fsp3) is 0. The van der Waals surface area contributed by atoms with E-state index in [9.17, 15) is 0 Å². The molecule has 224 valence electrons. The lowest BCUT2D eigenvalue weighted by Gasteiger charge is -2.27. The van der Waals surface area contributed by atoms with Crippen LogP contribution >= 0.6 is 0 Å². The summed E-state index contributed by atoms with van der Waals surface area (Å²) in [6.07, 6.45) is 0. The van der Waals surface area contributed by atoms with Crippen molar-refractivity contribution in [2.75, 3.05) is 4.90 Å². The first-order valence-corrected chi connectivity index (χ1v) is 16.4. The number of nitrogens with zero attached hydrogens (tertiary/aromatic N) is 1. The van der Waals surface area contributed by atoms with Crippen molar-refractivity contribution < 1.29 is 4.42 Å². The highest BCUT2D eigenvalue weighted by atomic mass is 16.3. The maximum Gasteiger partial charge on any atom is 0.145 e. The summed E-state index contributed by atoms with van der Waals surface area (Å²) in [4.78, 5) is 2.41. The molecular weight excluding hydrogens is 583 g/mol. The number of benzene rings is 9. The highest BCUT2D eigenvalue weighted by Gasteiger charge is 2.23. The minimum absolute atomic E-state index is 0.881. The van der Waals surface area contributed by atoms with Gasteiger partial charge in [-0.15, -0.1) is 0 Å². The second-order valence-electron chi connectivity index (χ2n) is 12.5. The van der Waals surface area contributed by atoms with Crippen molar-refractivity contribution in [1.82, 2.24) is 0 Å². The minimum Gasteiger partial charge on any atom is -0.455 e. The highest BCUT2D eigenvalue weighted by molar-refractivity contribution is 6.18. The van der Waals surface area contributed by atoms with Crippen LogP contribution in [0.2, 0.25) is 0 Å². The molecule has 10 aromatic rings. The molecule has 0 unspecified atom stereocenters. The topological polar surface area (TPSA) is 16.4 Å². The summed E-state index contributed by atoms with van der Waals surface area (Å²) in [6, 6.07) is 63.3. The van der Waals surface area contributed by atoms with E-state index in [4.69, 9.17) is 4.42 Å². The van der Waals surface area contributed by atoms with Crippen LogP contribution in [0.1, 0.15) is 0 Å². The second-order valence-corrected chi connectivity index (χ2v) is 12.5. The van der Waals surface area contributed by atoms with E-state index >= 15 is 0 Å². The van der Waals surface area contributed by atoms with Gasteiger partial charge in [0.1, 0.15) is 11.2 Å². The Bertz CT molecular complexity index is 2850. The fourth-order valence-electron chi connectivity index (χ4n) is 7.54. The third-order valence-corrected chi connectivity index (χ3v) is 9.81. The molecule has 0 atom stereocenters. The molecule has 0 saturated heterocycles. The van der Waals surface area contributed by atoms with Crippen molar-refractivity contribution in [3.05, 3.63) is 176 Å². The van der Waals surface area contributed by atoms with E-state index < -0.39 is 0 Å². The molecule has 0 amide bonds. The first kappa shape index (κ1) is 26.8. The van der Waals surface area contributed by atoms with Gasteiger partial charge in [-0.3, -0.25) is 0 Å². The van der Waals surface area contributed by atoms with E-state index in [-0.39, 0.29) is 0 Å². The molecule has 10 rings (SSSR count). The molecule has 0 aliphatic carbocycles. The summed E-state index contributed by atoms with van der Waals surface area (Å²) in [5.74, 6) is 0. The molecule has 0 aliphatic rings. The zero-order valence-corrected chi connectivity index (χ0v) is 26.1. The van der Waals surface area contributed by atoms with Crippen LogP contribution in [-0.4, -0.2) is 0 Å². The Morgan fingerprint density at radius 3 is 1.73 bits per heavy atom. The molecule has 1 aromatic heterocycles. The molecule has 48 heavy (non-hydrogen) atoms. The number of para-hydroxylation sites is 1. The van der Waals surface area contributed by atoms with Gasteiger partial charge in [-0.25, -0.2) is 0 Å². The lowest BCUT2D eigenvalue weighted by molar-refractivity contribution is 0.670. The Hall–Kier alpha value is -6.38. The van der Waals surface area contributed by atoms with Gasteiger partial charge in [0, 0.05) is 22.3 Å². The predicted molar refractivity (Wildman–Crippen MR) is 204 cm³/mol. The van der Waals surface area contributed by atoms with Gasteiger partial charge in [0.25, 0.3) is 0 Å². The van der Waals surface area contributed by atoms with Crippen LogP contribution in [0.4, 0.5) is 17.1 Å². The molecule has 2 heteroatoms.